The molecule has 2 nitrogen and oxygen atoms in total. The van der Waals surface area contributed by atoms with E-state index < -0.39 is 0 Å². The fraction of sp³-hybridized carbons (Fsp3) is 0.800. The van der Waals surface area contributed by atoms with Crippen LogP contribution in [0, 0.1) is 5.92 Å². The number of hydrogen-bond acceptors (Lipinski definition) is 2. The molecule has 1 aliphatic carbocycles. The van der Waals surface area contributed by atoms with Gasteiger partial charge in [-0.05, 0) is 78.6 Å². The highest BCUT2D eigenvalue weighted by atomic mass is 16.6. The summed E-state index contributed by atoms with van der Waals surface area (Å²) in [7, 11) is 0. The average molecular weight is 304 g/mol. The maximum absolute atomic E-state index is 6.06. The molecule has 0 radical (unpaired) electrons. The molecule has 2 heteroatoms. The molecule has 0 aromatic rings. The molecule has 3 rings (SSSR count). The van der Waals surface area contributed by atoms with E-state index in [0.717, 1.165) is 25.7 Å². The van der Waals surface area contributed by atoms with E-state index in [9.17, 15) is 0 Å². The molecule has 2 fully saturated rings. The first-order chi connectivity index (χ1) is 10.3. The lowest BCUT2D eigenvalue weighted by atomic mass is 9.84. The summed E-state index contributed by atoms with van der Waals surface area (Å²) < 4.78 is 12.1. The van der Waals surface area contributed by atoms with Crippen molar-refractivity contribution in [1.82, 2.24) is 0 Å². The number of hydrogen-bond donors (Lipinski definition) is 0. The predicted molar refractivity (Wildman–Crippen MR) is 90.9 cm³/mol. The average Bonchev–Trinajstić information content (AvgIpc) is 3.28. The zero-order valence-electron chi connectivity index (χ0n) is 14.8. The van der Waals surface area contributed by atoms with Gasteiger partial charge in [0.2, 0.25) is 0 Å². The zero-order chi connectivity index (χ0) is 16.0. The highest BCUT2D eigenvalue weighted by Gasteiger charge is 2.53. The van der Waals surface area contributed by atoms with E-state index in [4.69, 9.17) is 9.47 Å². The lowest BCUT2D eigenvalue weighted by Crippen LogP contribution is -2.17. The van der Waals surface area contributed by atoms with E-state index in [0.29, 0.717) is 18.1 Å². The van der Waals surface area contributed by atoms with Gasteiger partial charge >= 0.3 is 0 Å². The summed E-state index contributed by atoms with van der Waals surface area (Å²) in [5.74, 6) is 0.578. The van der Waals surface area contributed by atoms with Gasteiger partial charge in [0.15, 0.2) is 0 Å². The van der Waals surface area contributed by atoms with E-state index in [1.807, 2.05) is 0 Å². The Hall–Kier alpha value is -0.600. The minimum atomic E-state index is 0.108. The molecule has 5 atom stereocenters. The summed E-state index contributed by atoms with van der Waals surface area (Å²) in [4.78, 5) is 0. The summed E-state index contributed by atoms with van der Waals surface area (Å²) >= 11 is 0. The molecule has 0 amide bonds. The van der Waals surface area contributed by atoms with Crippen LogP contribution in [0.15, 0.2) is 23.8 Å². The standard InChI is InChI=1S/C20H32O2/c1-14(2)16-10-12-20(5)17(21-20)9-8-15(3)7-6-11-19(4)18(13-16)22-19/h7,16-18H,1,6,8-13H2,2-5H3/b15-7+/t16-,17-,18+,19-,20+/m1/s1. The molecule has 0 N–H and O–H groups in total. The van der Waals surface area contributed by atoms with Crippen molar-refractivity contribution in [1.29, 1.82) is 0 Å². The first kappa shape index (κ1) is 16.3. The highest BCUT2D eigenvalue weighted by molar-refractivity contribution is 5.10. The fourth-order valence-electron chi connectivity index (χ4n) is 4.03. The minimum Gasteiger partial charge on any atom is -0.366 e. The number of allylic oxidation sites excluding steroid dienone is 3. The van der Waals surface area contributed by atoms with Crippen LogP contribution < -0.4 is 0 Å². The molecule has 2 heterocycles. The van der Waals surface area contributed by atoms with Crippen molar-refractivity contribution in [2.75, 3.05) is 0 Å². The van der Waals surface area contributed by atoms with Crippen molar-refractivity contribution >= 4 is 0 Å². The van der Waals surface area contributed by atoms with Gasteiger partial charge in [-0.25, -0.2) is 0 Å². The monoisotopic (exact) mass is 304 g/mol. The summed E-state index contributed by atoms with van der Waals surface area (Å²) in [5, 5.41) is 0. The Bertz CT molecular complexity index is 480. The van der Waals surface area contributed by atoms with Crippen molar-refractivity contribution < 1.29 is 9.47 Å². The molecular formula is C20H32O2. The topological polar surface area (TPSA) is 25.1 Å². The molecule has 0 aromatic carbocycles. The molecule has 3 aliphatic rings. The van der Waals surface area contributed by atoms with Crippen molar-refractivity contribution in [3.63, 3.8) is 0 Å². The molecule has 22 heavy (non-hydrogen) atoms. The van der Waals surface area contributed by atoms with Crippen molar-refractivity contribution in [3.05, 3.63) is 23.8 Å². The first-order valence-corrected chi connectivity index (χ1v) is 8.99. The van der Waals surface area contributed by atoms with Crippen LogP contribution in [0.5, 0.6) is 0 Å². The van der Waals surface area contributed by atoms with Crippen LogP contribution in [0.1, 0.15) is 72.6 Å². The Balaban J connectivity index is 1.69. The number of epoxide rings is 2. The summed E-state index contributed by atoms with van der Waals surface area (Å²) in [5.41, 5.74) is 3.04. The van der Waals surface area contributed by atoms with Crippen LogP contribution in [-0.4, -0.2) is 23.4 Å². The Kier molecular flexibility index (Phi) is 4.28. The van der Waals surface area contributed by atoms with Crippen LogP contribution in [0.2, 0.25) is 0 Å². The van der Waals surface area contributed by atoms with Gasteiger partial charge in [0, 0.05) is 0 Å². The lowest BCUT2D eigenvalue weighted by Gasteiger charge is -2.18. The molecule has 0 bridgehead atoms. The van der Waals surface area contributed by atoms with E-state index in [2.05, 4.69) is 40.3 Å². The Labute approximate surface area is 136 Å². The number of ether oxygens (including phenoxy) is 2. The van der Waals surface area contributed by atoms with Gasteiger partial charge in [-0.3, -0.25) is 0 Å². The third-order valence-corrected chi connectivity index (χ3v) is 6.19. The smallest absolute Gasteiger partial charge is 0.0923 e. The molecule has 0 saturated carbocycles. The summed E-state index contributed by atoms with van der Waals surface area (Å²) in [6.07, 6.45) is 11.4. The highest BCUT2D eigenvalue weighted by Crippen LogP contribution is 2.48. The van der Waals surface area contributed by atoms with Gasteiger partial charge in [-0.15, -0.1) is 0 Å². The largest absolute Gasteiger partial charge is 0.366 e. The van der Waals surface area contributed by atoms with E-state index in [1.165, 1.54) is 30.4 Å². The van der Waals surface area contributed by atoms with Crippen molar-refractivity contribution in [2.45, 2.75) is 96.1 Å². The molecular weight excluding hydrogens is 272 g/mol. The first-order valence-electron chi connectivity index (χ1n) is 8.99. The van der Waals surface area contributed by atoms with Gasteiger partial charge < -0.3 is 9.47 Å². The number of fused-ring (bicyclic) bond motifs is 2. The fourth-order valence-corrected chi connectivity index (χ4v) is 4.03. The maximum Gasteiger partial charge on any atom is 0.0923 e. The lowest BCUT2D eigenvalue weighted by molar-refractivity contribution is 0.269. The molecule has 2 aliphatic heterocycles. The number of rotatable bonds is 1. The Morgan fingerprint density at radius 2 is 1.82 bits per heavy atom. The molecule has 0 spiro atoms. The third kappa shape index (κ3) is 3.49. The van der Waals surface area contributed by atoms with E-state index in [1.54, 1.807) is 0 Å². The quantitative estimate of drug-likeness (QED) is 0.492. The second-order valence-electron chi connectivity index (χ2n) is 8.28. The second kappa shape index (κ2) is 5.79. The van der Waals surface area contributed by atoms with Crippen molar-refractivity contribution in [3.8, 4) is 0 Å². The molecule has 2 saturated heterocycles. The van der Waals surface area contributed by atoms with Crippen molar-refractivity contribution in [2.24, 2.45) is 5.92 Å². The molecule has 0 unspecified atom stereocenters. The van der Waals surface area contributed by atoms with Gasteiger partial charge in [0.05, 0.1) is 23.4 Å². The second-order valence-corrected chi connectivity index (χ2v) is 8.28. The molecule has 0 aromatic heterocycles. The Morgan fingerprint density at radius 3 is 2.55 bits per heavy atom. The third-order valence-electron chi connectivity index (χ3n) is 6.19. The van der Waals surface area contributed by atoms with Crippen LogP contribution in [-0.2, 0) is 9.47 Å². The van der Waals surface area contributed by atoms with Gasteiger partial charge in [-0.2, -0.15) is 0 Å². The zero-order valence-corrected chi connectivity index (χ0v) is 14.8. The van der Waals surface area contributed by atoms with Crippen LogP contribution >= 0.6 is 0 Å². The Morgan fingerprint density at radius 1 is 1.14 bits per heavy atom. The summed E-state index contributed by atoms with van der Waals surface area (Å²) in [6.45, 7) is 13.2. The van der Waals surface area contributed by atoms with Crippen LogP contribution in [0.25, 0.3) is 0 Å². The predicted octanol–water partition coefficient (Wildman–Crippen LogP) is 5.18. The van der Waals surface area contributed by atoms with Gasteiger partial charge in [0.1, 0.15) is 0 Å². The van der Waals surface area contributed by atoms with Crippen LogP contribution in [0.3, 0.4) is 0 Å². The van der Waals surface area contributed by atoms with Crippen LogP contribution in [0.4, 0.5) is 0 Å². The summed E-state index contributed by atoms with van der Waals surface area (Å²) in [6, 6.07) is 0. The van der Waals surface area contributed by atoms with Gasteiger partial charge in [0.25, 0.3) is 0 Å². The van der Waals surface area contributed by atoms with E-state index >= 15 is 0 Å². The minimum absolute atomic E-state index is 0.108. The molecule has 124 valence electrons. The normalized spacial score (nSPS) is 48.2. The maximum atomic E-state index is 6.06. The SMILES string of the molecule is C=C(C)[C@@H]1CC[C@]2(C)O[C@@H]2CC/C(C)=C/CC[C@@]2(C)O[C@H]2C1. The van der Waals surface area contributed by atoms with E-state index in [-0.39, 0.29) is 11.2 Å². The van der Waals surface area contributed by atoms with Gasteiger partial charge in [-0.1, -0.05) is 23.8 Å².